The van der Waals surface area contributed by atoms with E-state index in [9.17, 15) is 14.4 Å². The van der Waals surface area contributed by atoms with Crippen molar-refractivity contribution in [2.75, 3.05) is 0 Å². The van der Waals surface area contributed by atoms with Gasteiger partial charge in [0.05, 0.1) is 18.5 Å². The largest absolute Gasteiger partial charge is 0.445 e. The lowest BCUT2D eigenvalue weighted by molar-refractivity contribution is -0.121. The Labute approximate surface area is 187 Å². The van der Waals surface area contributed by atoms with Gasteiger partial charge in [0.2, 0.25) is 5.91 Å². The highest BCUT2D eigenvalue weighted by Gasteiger charge is 2.42. The fourth-order valence-corrected chi connectivity index (χ4v) is 3.43. The summed E-state index contributed by atoms with van der Waals surface area (Å²) in [6.45, 7) is 5.36. The topological polar surface area (TPSA) is 97.0 Å². The Morgan fingerprint density at radius 1 is 1.06 bits per heavy atom. The molecule has 0 bridgehead atoms. The zero-order chi connectivity index (χ0) is 23.1. The Hall–Kier alpha value is -3.55. The number of ether oxygens (including phenoxy) is 2. The normalized spacial score (nSPS) is 16.8. The minimum atomic E-state index is -0.730. The first-order valence-electron chi connectivity index (χ1n) is 10.5. The number of nitrogens with zero attached hydrogens (tertiary/aromatic N) is 1. The Morgan fingerprint density at radius 2 is 1.66 bits per heavy atom. The fourth-order valence-electron chi connectivity index (χ4n) is 3.43. The van der Waals surface area contributed by atoms with Crippen LogP contribution in [0.3, 0.4) is 0 Å². The Balaban J connectivity index is 1.75. The lowest BCUT2D eigenvalue weighted by Crippen LogP contribution is -2.55. The minimum Gasteiger partial charge on any atom is -0.445 e. The number of carbonyl (C=O) groups excluding carboxylic acids is 3. The van der Waals surface area contributed by atoms with Crippen molar-refractivity contribution < 1.29 is 23.9 Å². The second-order valence-corrected chi connectivity index (χ2v) is 8.66. The van der Waals surface area contributed by atoms with Crippen LogP contribution in [0.4, 0.5) is 9.59 Å². The first-order valence-corrected chi connectivity index (χ1v) is 10.5. The van der Waals surface area contributed by atoms with E-state index in [4.69, 9.17) is 9.47 Å². The van der Waals surface area contributed by atoms with Gasteiger partial charge < -0.3 is 14.8 Å². The second-order valence-electron chi connectivity index (χ2n) is 8.66. The monoisotopic (exact) mass is 439 g/mol. The highest BCUT2D eigenvalue weighted by Crippen LogP contribution is 2.21. The van der Waals surface area contributed by atoms with Crippen molar-refractivity contribution in [1.82, 2.24) is 15.8 Å². The minimum absolute atomic E-state index is 0.0374. The molecule has 0 spiro atoms. The molecule has 2 aromatic rings. The quantitative estimate of drug-likeness (QED) is 0.717. The molecule has 32 heavy (non-hydrogen) atoms. The second kappa shape index (κ2) is 10.2. The van der Waals surface area contributed by atoms with E-state index in [0.29, 0.717) is 6.42 Å². The molecule has 2 atom stereocenters. The number of alkyl carbamates (subject to hydrolysis) is 1. The molecule has 0 saturated carbocycles. The smallest absolute Gasteiger partial charge is 0.429 e. The molecular weight excluding hydrogens is 410 g/mol. The molecule has 8 heteroatoms. The first kappa shape index (κ1) is 23.1. The van der Waals surface area contributed by atoms with Crippen LogP contribution in [0.25, 0.3) is 0 Å². The van der Waals surface area contributed by atoms with Crippen molar-refractivity contribution in [2.24, 2.45) is 0 Å². The summed E-state index contributed by atoms with van der Waals surface area (Å²) >= 11 is 0. The van der Waals surface area contributed by atoms with Crippen LogP contribution in [0.15, 0.2) is 60.7 Å². The van der Waals surface area contributed by atoms with Gasteiger partial charge in [0, 0.05) is 0 Å². The molecule has 1 heterocycles. The number of benzene rings is 2. The number of amides is 3. The maximum absolute atomic E-state index is 12.7. The van der Waals surface area contributed by atoms with E-state index in [1.54, 1.807) is 20.8 Å². The molecule has 1 aliphatic rings. The molecule has 1 fully saturated rings. The van der Waals surface area contributed by atoms with Crippen LogP contribution >= 0.6 is 0 Å². The van der Waals surface area contributed by atoms with E-state index < -0.39 is 29.9 Å². The SMILES string of the molecule is CC(C)(C)OC(=O)N1NC(=O)C[C@@H]1[C@H](Cc1ccccc1)NC(=O)OCc1ccccc1. The van der Waals surface area contributed by atoms with Gasteiger partial charge >= 0.3 is 12.2 Å². The maximum Gasteiger partial charge on any atom is 0.429 e. The molecule has 0 unspecified atom stereocenters. The van der Waals surface area contributed by atoms with Crippen LogP contribution in [-0.4, -0.2) is 40.8 Å². The highest BCUT2D eigenvalue weighted by atomic mass is 16.6. The fraction of sp³-hybridized carbons (Fsp3) is 0.375. The summed E-state index contributed by atoms with van der Waals surface area (Å²) in [5.74, 6) is -0.321. The summed E-state index contributed by atoms with van der Waals surface area (Å²) in [5.41, 5.74) is 3.63. The van der Waals surface area contributed by atoms with Crippen molar-refractivity contribution in [2.45, 2.75) is 57.9 Å². The van der Waals surface area contributed by atoms with Crippen molar-refractivity contribution in [3.8, 4) is 0 Å². The summed E-state index contributed by atoms with van der Waals surface area (Å²) in [6.07, 6.45) is -0.861. The molecule has 0 aromatic heterocycles. The molecule has 8 nitrogen and oxygen atoms in total. The summed E-state index contributed by atoms with van der Waals surface area (Å²) in [4.78, 5) is 37.5. The van der Waals surface area contributed by atoms with Gasteiger partial charge in [0.1, 0.15) is 12.2 Å². The Bertz CT molecular complexity index is 928. The van der Waals surface area contributed by atoms with Crippen molar-refractivity contribution >= 4 is 18.1 Å². The van der Waals surface area contributed by atoms with E-state index in [2.05, 4.69) is 10.7 Å². The number of carbonyl (C=O) groups is 3. The third-order valence-corrected chi connectivity index (χ3v) is 4.84. The van der Waals surface area contributed by atoms with Crippen LogP contribution in [-0.2, 0) is 27.3 Å². The number of hydrogen-bond donors (Lipinski definition) is 2. The van der Waals surface area contributed by atoms with Gasteiger partial charge in [0.25, 0.3) is 0 Å². The van der Waals surface area contributed by atoms with Gasteiger partial charge in [0.15, 0.2) is 0 Å². The predicted molar refractivity (Wildman–Crippen MR) is 118 cm³/mol. The van der Waals surface area contributed by atoms with Crippen molar-refractivity contribution in [3.63, 3.8) is 0 Å². The molecule has 3 rings (SSSR count). The van der Waals surface area contributed by atoms with E-state index in [1.807, 2.05) is 60.7 Å². The van der Waals surface area contributed by atoms with Gasteiger partial charge in [-0.05, 0) is 38.3 Å². The molecule has 3 amide bonds. The number of hydrogen-bond acceptors (Lipinski definition) is 5. The molecule has 2 aromatic carbocycles. The van der Waals surface area contributed by atoms with Crippen LogP contribution in [0.5, 0.6) is 0 Å². The van der Waals surface area contributed by atoms with Gasteiger partial charge in [-0.2, -0.15) is 0 Å². The predicted octanol–water partition coefficient (Wildman–Crippen LogP) is 3.56. The zero-order valence-electron chi connectivity index (χ0n) is 18.5. The number of rotatable bonds is 6. The standard InChI is InChI=1S/C24H29N3O5/c1-24(2,3)32-23(30)27-20(15-21(28)26-27)19(14-17-10-6-4-7-11-17)25-22(29)31-16-18-12-8-5-9-13-18/h4-13,19-20H,14-16H2,1-3H3,(H,25,29)(H,26,28)/t19-,20+/m0/s1. The van der Waals surface area contributed by atoms with Crippen molar-refractivity contribution in [3.05, 3.63) is 71.8 Å². The molecule has 1 aliphatic heterocycles. The van der Waals surface area contributed by atoms with E-state index in [0.717, 1.165) is 11.1 Å². The van der Waals surface area contributed by atoms with Crippen LogP contribution in [0.1, 0.15) is 38.3 Å². The number of hydrazine groups is 1. The summed E-state index contributed by atoms with van der Waals surface area (Å²) in [6, 6.07) is 17.6. The summed E-state index contributed by atoms with van der Waals surface area (Å²) in [7, 11) is 0. The third kappa shape index (κ3) is 6.73. The molecule has 170 valence electrons. The van der Waals surface area contributed by atoms with E-state index in [1.165, 1.54) is 5.01 Å². The average Bonchev–Trinajstić information content (AvgIpc) is 3.14. The Kier molecular flexibility index (Phi) is 7.35. The lowest BCUT2D eigenvalue weighted by atomic mass is 9.97. The van der Waals surface area contributed by atoms with Gasteiger partial charge in [-0.15, -0.1) is 0 Å². The van der Waals surface area contributed by atoms with Crippen LogP contribution in [0.2, 0.25) is 0 Å². The molecule has 0 aliphatic carbocycles. The lowest BCUT2D eigenvalue weighted by Gasteiger charge is -2.32. The van der Waals surface area contributed by atoms with Crippen LogP contribution in [0, 0.1) is 0 Å². The van der Waals surface area contributed by atoms with E-state index in [-0.39, 0.29) is 18.9 Å². The first-order chi connectivity index (χ1) is 15.2. The summed E-state index contributed by atoms with van der Waals surface area (Å²) in [5, 5.41) is 4.01. The molecule has 0 radical (unpaired) electrons. The van der Waals surface area contributed by atoms with Gasteiger partial charge in [-0.25, -0.2) is 14.6 Å². The van der Waals surface area contributed by atoms with E-state index >= 15 is 0 Å². The third-order valence-electron chi connectivity index (χ3n) is 4.84. The molecule has 2 N–H and O–H groups in total. The molecular formula is C24H29N3O5. The highest BCUT2D eigenvalue weighted by molar-refractivity contribution is 5.84. The number of nitrogens with one attached hydrogen (secondary N) is 2. The Morgan fingerprint density at radius 3 is 2.25 bits per heavy atom. The van der Waals surface area contributed by atoms with Gasteiger partial charge in [-0.1, -0.05) is 60.7 Å². The maximum atomic E-state index is 12.7. The zero-order valence-corrected chi connectivity index (χ0v) is 18.5. The van der Waals surface area contributed by atoms with Gasteiger partial charge in [-0.3, -0.25) is 10.2 Å². The average molecular weight is 440 g/mol. The summed E-state index contributed by atoms with van der Waals surface area (Å²) < 4.78 is 10.8. The van der Waals surface area contributed by atoms with Crippen LogP contribution < -0.4 is 10.7 Å². The van der Waals surface area contributed by atoms with Crippen molar-refractivity contribution in [1.29, 1.82) is 0 Å². The molecule has 1 saturated heterocycles.